The average molecular weight is 266 g/mol. The zero-order chi connectivity index (χ0) is 14.1. The number of H-pyrrole nitrogens is 1. The van der Waals surface area contributed by atoms with E-state index in [1.807, 2.05) is 19.2 Å². The molecule has 0 aliphatic carbocycles. The minimum atomic E-state index is 0.763. The molecule has 0 atom stereocenters. The van der Waals surface area contributed by atoms with E-state index in [0.29, 0.717) is 0 Å². The lowest BCUT2D eigenvalue weighted by atomic mass is 10.1. The average Bonchev–Trinajstić information content (AvgIpc) is 2.82. The molecular formula is C16H18N4. The Balaban J connectivity index is 1.88. The second kappa shape index (κ2) is 4.96. The van der Waals surface area contributed by atoms with Gasteiger partial charge in [0.2, 0.25) is 0 Å². The van der Waals surface area contributed by atoms with E-state index in [9.17, 15) is 0 Å². The highest BCUT2D eigenvalue weighted by Crippen LogP contribution is 2.20. The summed E-state index contributed by atoms with van der Waals surface area (Å²) in [4.78, 5) is 12.0. The van der Waals surface area contributed by atoms with Crippen LogP contribution in [0.2, 0.25) is 0 Å². The molecule has 2 aromatic heterocycles. The SMILES string of the molecule is Cc1cc(C)cc(CNc2nc(C)nc3[nH]ccc23)c1. The highest BCUT2D eigenvalue weighted by Gasteiger charge is 2.06. The monoisotopic (exact) mass is 266 g/mol. The molecule has 0 radical (unpaired) electrons. The fourth-order valence-electron chi connectivity index (χ4n) is 2.54. The molecule has 0 amide bonds. The molecule has 20 heavy (non-hydrogen) atoms. The van der Waals surface area contributed by atoms with Crippen molar-refractivity contribution in [3.63, 3.8) is 0 Å². The molecule has 0 aliphatic heterocycles. The molecule has 0 fully saturated rings. The first-order valence-electron chi connectivity index (χ1n) is 6.74. The number of rotatable bonds is 3. The maximum atomic E-state index is 4.49. The minimum Gasteiger partial charge on any atom is -0.365 e. The summed E-state index contributed by atoms with van der Waals surface area (Å²) >= 11 is 0. The number of hydrogen-bond donors (Lipinski definition) is 2. The Hall–Kier alpha value is -2.36. The predicted molar refractivity (Wildman–Crippen MR) is 81.9 cm³/mol. The van der Waals surface area contributed by atoms with Crippen LogP contribution in [-0.4, -0.2) is 15.0 Å². The summed E-state index contributed by atoms with van der Waals surface area (Å²) in [5.74, 6) is 1.65. The first-order valence-corrected chi connectivity index (χ1v) is 6.74. The van der Waals surface area contributed by atoms with E-state index in [1.165, 1.54) is 16.7 Å². The van der Waals surface area contributed by atoms with Gasteiger partial charge in [-0.1, -0.05) is 29.3 Å². The summed E-state index contributed by atoms with van der Waals surface area (Å²) in [6, 6.07) is 8.58. The standard InChI is InChI=1S/C16H18N4/c1-10-6-11(2)8-13(7-10)9-18-16-14-4-5-17-15(14)19-12(3)20-16/h4-8H,9H2,1-3H3,(H2,17,18,19,20). The number of nitrogens with one attached hydrogen (secondary N) is 2. The lowest BCUT2D eigenvalue weighted by Crippen LogP contribution is -2.04. The van der Waals surface area contributed by atoms with Crippen molar-refractivity contribution in [1.29, 1.82) is 0 Å². The number of aromatic amines is 1. The van der Waals surface area contributed by atoms with Crippen LogP contribution in [0, 0.1) is 20.8 Å². The molecule has 2 N–H and O–H groups in total. The fraction of sp³-hybridized carbons (Fsp3) is 0.250. The summed E-state index contributed by atoms with van der Waals surface area (Å²) in [5, 5.41) is 4.44. The normalized spacial score (nSPS) is 10.9. The lowest BCUT2D eigenvalue weighted by molar-refractivity contribution is 1.04. The van der Waals surface area contributed by atoms with E-state index < -0.39 is 0 Å². The van der Waals surface area contributed by atoms with Crippen molar-refractivity contribution in [3.8, 4) is 0 Å². The van der Waals surface area contributed by atoms with Crippen LogP contribution in [0.4, 0.5) is 5.82 Å². The number of fused-ring (bicyclic) bond motifs is 1. The summed E-state index contributed by atoms with van der Waals surface area (Å²) in [6.07, 6.45) is 1.89. The smallest absolute Gasteiger partial charge is 0.143 e. The second-order valence-corrected chi connectivity index (χ2v) is 5.21. The van der Waals surface area contributed by atoms with E-state index in [4.69, 9.17) is 0 Å². The van der Waals surface area contributed by atoms with Gasteiger partial charge in [-0.15, -0.1) is 0 Å². The molecular weight excluding hydrogens is 248 g/mol. The zero-order valence-electron chi connectivity index (χ0n) is 12.0. The molecule has 0 bridgehead atoms. The van der Waals surface area contributed by atoms with Crippen LogP contribution < -0.4 is 5.32 Å². The lowest BCUT2D eigenvalue weighted by Gasteiger charge is -2.09. The Morgan fingerprint density at radius 2 is 1.80 bits per heavy atom. The molecule has 4 heteroatoms. The molecule has 0 saturated heterocycles. The summed E-state index contributed by atoms with van der Waals surface area (Å²) < 4.78 is 0. The Kier molecular flexibility index (Phi) is 3.14. The Bertz CT molecular complexity index is 738. The van der Waals surface area contributed by atoms with Crippen molar-refractivity contribution in [1.82, 2.24) is 15.0 Å². The van der Waals surface area contributed by atoms with Crippen molar-refractivity contribution in [2.75, 3.05) is 5.32 Å². The molecule has 102 valence electrons. The molecule has 0 spiro atoms. The minimum absolute atomic E-state index is 0.763. The van der Waals surface area contributed by atoms with Crippen LogP contribution in [0.3, 0.4) is 0 Å². The van der Waals surface area contributed by atoms with Gasteiger partial charge in [-0.2, -0.15) is 0 Å². The number of aryl methyl sites for hydroxylation is 3. The second-order valence-electron chi connectivity index (χ2n) is 5.21. The molecule has 3 aromatic rings. The quantitative estimate of drug-likeness (QED) is 0.763. The van der Waals surface area contributed by atoms with Crippen LogP contribution in [0.5, 0.6) is 0 Å². The maximum absolute atomic E-state index is 4.49. The van der Waals surface area contributed by atoms with E-state index in [2.05, 4.69) is 52.3 Å². The molecule has 0 saturated carbocycles. The zero-order valence-corrected chi connectivity index (χ0v) is 12.0. The van der Waals surface area contributed by atoms with Gasteiger partial charge in [-0.05, 0) is 32.4 Å². The molecule has 2 heterocycles. The van der Waals surface area contributed by atoms with Gasteiger partial charge >= 0.3 is 0 Å². The number of aromatic nitrogens is 3. The summed E-state index contributed by atoms with van der Waals surface area (Å²) in [6.45, 7) is 6.91. The third kappa shape index (κ3) is 2.50. The molecule has 0 aliphatic rings. The van der Waals surface area contributed by atoms with Crippen LogP contribution in [0.1, 0.15) is 22.5 Å². The van der Waals surface area contributed by atoms with Gasteiger partial charge in [-0.3, -0.25) is 0 Å². The van der Waals surface area contributed by atoms with E-state index in [1.54, 1.807) is 0 Å². The topological polar surface area (TPSA) is 53.6 Å². The van der Waals surface area contributed by atoms with Crippen LogP contribution in [-0.2, 0) is 6.54 Å². The van der Waals surface area contributed by atoms with Crippen LogP contribution in [0.15, 0.2) is 30.5 Å². The molecule has 1 aromatic carbocycles. The first kappa shape index (κ1) is 12.7. The van der Waals surface area contributed by atoms with E-state index >= 15 is 0 Å². The van der Waals surface area contributed by atoms with Gasteiger partial charge in [0, 0.05) is 12.7 Å². The molecule has 3 rings (SSSR count). The van der Waals surface area contributed by atoms with Gasteiger partial charge in [0.25, 0.3) is 0 Å². The highest BCUT2D eigenvalue weighted by atomic mass is 15.0. The Morgan fingerprint density at radius 1 is 1.05 bits per heavy atom. The third-order valence-corrected chi connectivity index (χ3v) is 3.27. The van der Waals surface area contributed by atoms with Crippen molar-refractivity contribution in [2.45, 2.75) is 27.3 Å². The van der Waals surface area contributed by atoms with Gasteiger partial charge in [-0.25, -0.2) is 9.97 Å². The fourth-order valence-corrected chi connectivity index (χ4v) is 2.54. The van der Waals surface area contributed by atoms with Gasteiger partial charge < -0.3 is 10.3 Å². The molecule has 4 nitrogen and oxygen atoms in total. The van der Waals surface area contributed by atoms with Crippen LogP contribution in [0.25, 0.3) is 11.0 Å². The summed E-state index contributed by atoms with van der Waals surface area (Å²) in [5.41, 5.74) is 4.71. The van der Waals surface area contributed by atoms with Gasteiger partial charge in [0.05, 0.1) is 5.39 Å². The number of hydrogen-bond acceptors (Lipinski definition) is 3. The van der Waals surface area contributed by atoms with E-state index in [-0.39, 0.29) is 0 Å². The van der Waals surface area contributed by atoms with Crippen molar-refractivity contribution >= 4 is 16.9 Å². The van der Waals surface area contributed by atoms with Gasteiger partial charge in [0.1, 0.15) is 17.3 Å². The number of anilines is 1. The van der Waals surface area contributed by atoms with Gasteiger partial charge in [0.15, 0.2) is 0 Å². The largest absolute Gasteiger partial charge is 0.365 e. The van der Waals surface area contributed by atoms with Crippen molar-refractivity contribution < 1.29 is 0 Å². The van der Waals surface area contributed by atoms with Crippen molar-refractivity contribution in [3.05, 3.63) is 53.0 Å². The Morgan fingerprint density at radius 3 is 2.55 bits per heavy atom. The first-order chi connectivity index (χ1) is 9.61. The van der Waals surface area contributed by atoms with Crippen molar-refractivity contribution in [2.24, 2.45) is 0 Å². The summed E-state index contributed by atoms with van der Waals surface area (Å²) in [7, 11) is 0. The highest BCUT2D eigenvalue weighted by molar-refractivity contribution is 5.86. The Labute approximate surface area is 118 Å². The third-order valence-electron chi connectivity index (χ3n) is 3.27. The number of benzene rings is 1. The molecule has 0 unspecified atom stereocenters. The predicted octanol–water partition coefficient (Wildman–Crippen LogP) is 3.50. The maximum Gasteiger partial charge on any atom is 0.143 e. The van der Waals surface area contributed by atoms with Crippen LogP contribution >= 0.6 is 0 Å². The van der Waals surface area contributed by atoms with E-state index in [0.717, 1.165) is 29.2 Å². The number of nitrogens with zero attached hydrogens (tertiary/aromatic N) is 2.